The summed E-state index contributed by atoms with van der Waals surface area (Å²) in [5.41, 5.74) is 4.85. The molecule has 0 radical (unpaired) electrons. The van der Waals surface area contributed by atoms with Crippen LogP contribution in [0.25, 0.3) is 6.08 Å². The molecule has 0 unspecified atom stereocenters. The quantitative estimate of drug-likeness (QED) is 0.365. The largest absolute Gasteiger partial charge is 0.494 e. The predicted molar refractivity (Wildman–Crippen MR) is 139 cm³/mol. The van der Waals surface area contributed by atoms with Crippen LogP contribution in [0, 0.1) is 6.92 Å². The normalized spacial score (nSPS) is 16.3. The number of para-hydroxylation sites is 2. The topological polar surface area (TPSA) is 41.9 Å². The first-order valence-corrected chi connectivity index (χ1v) is 12.0. The number of hydrogen-bond donors (Lipinski definition) is 0. The number of anilines is 1. The van der Waals surface area contributed by atoms with Gasteiger partial charge in [-0.25, -0.2) is 4.99 Å². The molecule has 0 saturated carbocycles. The van der Waals surface area contributed by atoms with Gasteiger partial charge in [-0.05, 0) is 90.7 Å². The number of thioether (sulfide) groups is 1. The molecule has 0 atom stereocenters. The molecule has 1 aliphatic rings. The lowest BCUT2D eigenvalue weighted by atomic mass is 9.96. The van der Waals surface area contributed by atoms with Crippen LogP contribution in [-0.2, 0) is 4.79 Å². The Hall–Kier alpha value is -3.31. The second-order valence-corrected chi connectivity index (χ2v) is 9.16. The molecular formula is C28H28N2O2S. The average Bonchev–Trinajstić information content (AvgIpc) is 3.11. The molecule has 0 aliphatic carbocycles. The van der Waals surface area contributed by atoms with E-state index in [-0.39, 0.29) is 5.91 Å². The molecule has 33 heavy (non-hydrogen) atoms. The number of hydrogen-bond acceptors (Lipinski definition) is 4. The van der Waals surface area contributed by atoms with Crippen LogP contribution in [0.4, 0.5) is 11.4 Å². The number of carbonyl (C=O) groups excluding carboxylic acids is 1. The highest BCUT2D eigenvalue weighted by atomic mass is 32.2. The van der Waals surface area contributed by atoms with Crippen molar-refractivity contribution in [1.82, 2.24) is 0 Å². The third-order valence-corrected chi connectivity index (χ3v) is 6.38. The van der Waals surface area contributed by atoms with Crippen LogP contribution in [0.1, 0.15) is 43.4 Å². The van der Waals surface area contributed by atoms with Crippen molar-refractivity contribution in [2.24, 2.45) is 4.99 Å². The lowest BCUT2D eigenvalue weighted by Crippen LogP contribution is -2.28. The third-order valence-electron chi connectivity index (χ3n) is 5.41. The summed E-state index contributed by atoms with van der Waals surface area (Å²) < 4.78 is 5.86. The van der Waals surface area contributed by atoms with Crippen LogP contribution in [0.5, 0.6) is 5.75 Å². The number of rotatable bonds is 6. The number of ether oxygens (including phenoxy) is 1. The molecule has 1 heterocycles. The zero-order valence-corrected chi connectivity index (χ0v) is 20.2. The molecule has 4 nitrogen and oxygen atoms in total. The molecule has 3 aromatic rings. The van der Waals surface area contributed by atoms with Gasteiger partial charge in [-0.1, -0.05) is 50.2 Å². The number of nitrogens with zero attached hydrogens (tertiary/aromatic N) is 2. The Morgan fingerprint density at radius 2 is 1.70 bits per heavy atom. The Kier molecular flexibility index (Phi) is 6.99. The van der Waals surface area contributed by atoms with E-state index in [1.807, 2.05) is 73.7 Å². The number of aliphatic imine (C=N–C) groups is 1. The number of aryl methyl sites for hydroxylation is 1. The van der Waals surface area contributed by atoms with E-state index in [1.54, 1.807) is 4.90 Å². The number of carbonyl (C=O) groups is 1. The average molecular weight is 457 g/mol. The minimum atomic E-state index is -0.0692. The van der Waals surface area contributed by atoms with Crippen LogP contribution in [-0.4, -0.2) is 17.7 Å². The first-order valence-electron chi connectivity index (χ1n) is 11.2. The smallest absolute Gasteiger partial charge is 0.271 e. The van der Waals surface area contributed by atoms with E-state index in [0.717, 1.165) is 33.8 Å². The number of benzene rings is 3. The highest BCUT2D eigenvalue weighted by molar-refractivity contribution is 8.19. The van der Waals surface area contributed by atoms with Gasteiger partial charge in [0.1, 0.15) is 5.75 Å². The Morgan fingerprint density at radius 3 is 2.33 bits per heavy atom. The second-order valence-electron chi connectivity index (χ2n) is 8.15. The van der Waals surface area contributed by atoms with Crippen molar-refractivity contribution in [3.05, 3.63) is 94.4 Å². The Morgan fingerprint density at radius 1 is 1.03 bits per heavy atom. The molecule has 1 aliphatic heterocycles. The number of amidine groups is 1. The minimum absolute atomic E-state index is 0.0692. The van der Waals surface area contributed by atoms with Crippen LogP contribution in [0.2, 0.25) is 0 Å². The molecule has 3 aromatic carbocycles. The summed E-state index contributed by atoms with van der Waals surface area (Å²) in [6, 6.07) is 23.6. The molecule has 0 aromatic heterocycles. The van der Waals surface area contributed by atoms with Crippen molar-refractivity contribution in [3.8, 4) is 5.75 Å². The highest BCUT2D eigenvalue weighted by Gasteiger charge is 2.34. The molecule has 1 amide bonds. The summed E-state index contributed by atoms with van der Waals surface area (Å²) in [6.45, 7) is 8.98. The van der Waals surface area contributed by atoms with E-state index in [4.69, 9.17) is 9.73 Å². The summed E-state index contributed by atoms with van der Waals surface area (Å²) in [4.78, 5) is 20.7. The van der Waals surface area contributed by atoms with Gasteiger partial charge in [-0.15, -0.1) is 0 Å². The zero-order chi connectivity index (χ0) is 23.4. The summed E-state index contributed by atoms with van der Waals surface area (Å²) in [6.07, 6.45) is 1.98. The Bertz CT molecular complexity index is 1200. The zero-order valence-electron chi connectivity index (χ0n) is 19.4. The van der Waals surface area contributed by atoms with Gasteiger partial charge in [-0.2, -0.15) is 0 Å². The Labute approximate surface area is 200 Å². The summed E-state index contributed by atoms with van der Waals surface area (Å²) in [5.74, 6) is 1.15. The molecule has 5 heteroatoms. The van der Waals surface area contributed by atoms with Gasteiger partial charge in [0.05, 0.1) is 22.9 Å². The SMILES string of the molecule is CCOc1cc(C)c(/C=C2\SC(=Nc3ccccc3)N(c3ccccc3)C2=O)cc1C(C)C. The van der Waals surface area contributed by atoms with Crippen LogP contribution < -0.4 is 9.64 Å². The maximum atomic E-state index is 13.5. The van der Waals surface area contributed by atoms with Crippen molar-refractivity contribution < 1.29 is 9.53 Å². The van der Waals surface area contributed by atoms with Crippen molar-refractivity contribution in [2.75, 3.05) is 11.5 Å². The van der Waals surface area contributed by atoms with Gasteiger partial charge in [0.25, 0.3) is 5.91 Å². The number of amides is 1. The molecule has 4 rings (SSSR count). The van der Waals surface area contributed by atoms with Crippen LogP contribution in [0.3, 0.4) is 0 Å². The van der Waals surface area contributed by atoms with Crippen molar-refractivity contribution in [1.29, 1.82) is 0 Å². The molecule has 0 bridgehead atoms. The fourth-order valence-corrected chi connectivity index (χ4v) is 4.70. The van der Waals surface area contributed by atoms with E-state index >= 15 is 0 Å². The first-order chi connectivity index (χ1) is 16.0. The van der Waals surface area contributed by atoms with Gasteiger partial charge in [-0.3, -0.25) is 9.69 Å². The summed E-state index contributed by atoms with van der Waals surface area (Å²) in [5, 5.41) is 0.649. The van der Waals surface area contributed by atoms with E-state index in [9.17, 15) is 4.79 Å². The van der Waals surface area contributed by atoms with Crippen LogP contribution in [0.15, 0.2) is 82.7 Å². The fraction of sp³-hybridized carbons (Fsp3) is 0.214. The van der Waals surface area contributed by atoms with E-state index in [1.165, 1.54) is 11.8 Å². The van der Waals surface area contributed by atoms with E-state index < -0.39 is 0 Å². The van der Waals surface area contributed by atoms with Gasteiger partial charge in [0, 0.05) is 0 Å². The van der Waals surface area contributed by atoms with Crippen LogP contribution >= 0.6 is 11.8 Å². The van der Waals surface area contributed by atoms with E-state index in [2.05, 4.69) is 32.9 Å². The molecule has 0 spiro atoms. The van der Waals surface area contributed by atoms with E-state index in [0.29, 0.717) is 22.6 Å². The van der Waals surface area contributed by atoms with Gasteiger partial charge in [0.15, 0.2) is 5.17 Å². The monoisotopic (exact) mass is 456 g/mol. The second kappa shape index (κ2) is 10.1. The standard InChI is InChI=1S/C28H28N2O2S/c1-5-32-25-16-20(4)21(17-24(25)19(2)3)18-26-27(31)30(23-14-10-7-11-15-23)28(33-26)29-22-12-8-6-9-13-22/h6-19H,5H2,1-4H3/b26-18-,29-28?. The first kappa shape index (κ1) is 22.9. The molecule has 1 fully saturated rings. The molecule has 0 N–H and O–H groups in total. The summed E-state index contributed by atoms with van der Waals surface area (Å²) >= 11 is 1.41. The molecule has 168 valence electrons. The van der Waals surface area contributed by atoms with Crippen molar-refractivity contribution in [3.63, 3.8) is 0 Å². The Balaban J connectivity index is 1.78. The van der Waals surface area contributed by atoms with Gasteiger partial charge < -0.3 is 4.74 Å². The lowest BCUT2D eigenvalue weighted by Gasteiger charge is -2.16. The maximum absolute atomic E-state index is 13.5. The minimum Gasteiger partial charge on any atom is -0.494 e. The highest BCUT2D eigenvalue weighted by Crippen LogP contribution is 2.38. The molecule has 1 saturated heterocycles. The fourth-order valence-electron chi connectivity index (χ4n) is 3.71. The maximum Gasteiger partial charge on any atom is 0.271 e. The van der Waals surface area contributed by atoms with Crippen molar-refractivity contribution >= 4 is 40.3 Å². The molecular weight excluding hydrogens is 428 g/mol. The van der Waals surface area contributed by atoms with Crippen molar-refractivity contribution in [2.45, 2.75) is 33.6 Å². The van der Waals surface area contributed by atoms with Gasteiger partial charge >= 0.3 is 0 Å². The lowest BCUT2D eigenvalue weighted by molar-refractivity contribution is -0.113. The van der Waals surface area contributed by atoms with Gasteiger partial charge in [0.2, 0.25) is 0 Å². The summed E-state index contributed by atoms with van der Waals surface area (Å²) in [7, 11) is 0. The predicted octanol–water partition coefficient (Wildman–Crippen LogP) is 7.33. The third kappa shape index (κ3) is 5.04.